The monoisotopic (exact) mass is 350 g/mol. The van der Waals surface area contributed by atoms with Gasteiger partial charge in [-0.1, -0.05) is 13.8 Å². The summed E-state index contributed by atoms with van der Waals surface area (Å²) in [4.78, 5) is 3.83. The molecule has 0 radical (unpaired) electrons. The number of thiophene rings is 1. The average molecular weight is 351 g/mol. The zero-order valence-corrected chi connectivity index (χ0v) is 14.6. The summed E-state index contributed by atoms with van der Waals surface area (Å²) in [5.41, 5.74) is 6.12. The van der Waals surface area contributed by atoms with Gasteiger partial charge in [-0.25, -0.2) is 0 Å². The maximum absolute atomic E-state index is 6.12. The first-order valence-corrected chi connectivity index (χ1v) is 9.14. The average Bonchev–Trinajstić information content (AvgIpc) is 2.75. The van der Waals surface area contributed by atoms with Gasteiger partial charge in [0.25, 0.3) is 0 Å². The molecule has 0 aromatic carbocycles. The van der Waals surface area contributed by atoms with Crippen molar-refractivity contribution in [2.24, 2.45) is 5.73 Å². The predicted molar refractivity (Wildman–Crippen MR) is 88.7 cm³/mol. The van der Waals surface area contributed by atoms with E-state index < -0.39 is 0 Å². The number of halogens is 1. The summed E-state index contributed by atoms with van der Waals surface area (Å²) in [5.74, 6) is 1.14. The van der Waals surface area contributed by atoms with Crippen LogP contribution in [0.1, 0.15) is 30.9 Å². The second-order valence-electron chi connectivity index (χ2n) is 4.34. The lowest BCUT2D eigenvalue weighted by Crippen LogP contribution is -2.27. The molecule has 18 heavy (non-hydrogen) atoms. The van der Waals surface area contributed by atoms with E-state index in [9.17, 15) is 0 Å². The van der Waals surface area contributed by atoms with Crippen molar-refractivity contribution in [2.75, 3.05) is 25.4 Å². The molecular weight excluding hydrogens is 328 g/mol. The Balaban J connectivity index is 2.49. The Morgan fingerprint density at radius 3 is 2.56 bits per heavy atom. The molecule has 1 aromatic rings. The maximum atomic E-state index is 6.12. The van der Waals surface area contributed by atoms with Gasteiger partial charge in [0.2, 0.25) is 0 Å². The van der Waals surface area contributed by atoms with E-state index in [1.54, 1.807) is 11.3 Å². The van der Waals surface area contributed by atoms with Crippen LogP contribution in [0.15, 0.2) is 15.9 Å². The highest BCUT2D eigenvalue weighted by molar-refractivity contribution is 9.10. The Bertz CT molecular complexity index is 337. The fourth-order valence-corrected chi connectivity index (χ4v) is 4.88. The van der Waals surface area contributed by atoms with E-state index in [1.807, 2.05) is 11.8 Å². The molecule has 104 valence electrons. The molecule has 0 aliphatic heterocycles. The van der Waals surface area contributed by atoms with Gasteiger partial charge in [0.1, 0.15) is 0 Å². The normalized spacial score (nSPS) is 15.0. The van der Waals surface area contributed by atoms with Crippen LogP contribution in [0.3, 0.4) is 0 Å². The summed E-state index contributed by atoms with van der Waals surface area (Å²) < 4.78 is 1.16. The summed E-state index contributed by atoms with van der Waals surface area (Å²) in [6.07, 6.45) is 0. The van der Waals surface area contributed by atoms with Crippen LogP contribution in [0.25, 0.3) is 0 Å². The summed E-state index contributed by atoms with van der Waals surface area (Å²) >= 11 is 7.29. The van der Waals surface area contributed by atoms with Crippen molar-refractivity contribution in [3.63, 3.8) is 0 Å². The van der Waals surface area contributed by atoms with Crippen LogP contribution in [-0.2, 0) is 0 Å². The Hall–Kier alpha value is 0.450. The molecule has 5 heteroatoms. The minimum Gasteiger partial charge on any atom is -0.327 e. The van der Waals surface area contributed by atoms with E-state index in [2.05, 4.69) is 53.0 Å². The SMILES string of the molecule is CCN(CC)CCSC(c1cc(Br)cs1)C(C)N. The Morgan fingerprint density at radius 2 is 2.11 bits per heavy atom. The van der Waals surface area contributed by atoms with Crippen molar-refractivity contribution in [2.45, 2.75) is 32.1 Å². The van der Waals surface area contributed by atoms with Crippen LogP contribution in [0.5, 0.6) is 0 Å². The number of nitrogens with two attached hydrogens (primary N) is 1. The zero-order chi connectivity index (χ0) is 13.5. The Labute approximate surface area is 127 Å². The van der Waals surface area contributed by atoms with E-state index in [0.717, 1.165) is 29.9 Å². The van der Waals surface area contributed by atoms with Crippen molar-refractivity contribution in [1.29, 1.82) is 0 Å². The molecule has 2 N–H and O–H groups in total. The van der Waals surface area contributed by atoms with Crippen molar-refractivity contribution in [3.8, 4) is 0 Å². The molecule has 1 heterocycles. The van der Waals surface area contributed by atoms with Gasteiger partial charge in [0.05, 0.1) is 5.25 Å². The lowest BCUT2D eigenvalue weighted by atomic mass is 10.2. The molecule has 1 rings (SSSR count). The number of thioether (sulfide) groups is 1. The fraction of sp³-hybridized carbons (Fsp3) is 0.692. The highest BCUT2D eigenvalue weighted by atomic mass is 79.9. The summed E-state index contributed by atoms with van der Waals surface area (Å²) in [6.45, 7) is 9.94. The van der Waals surface area contributed by atoms with E-state index >= 15 is 0 Å². The summed E-state index contributed by atoms with van der Waals surface area (Å²) in [7, 11) is 0. The fourth-order valence-electron chi connectivity index (χ4n) is 1.82. The predicted octanol–water partition coefficient (Wildman–Crippen LogP) is 3.97. The molecule has 0 aliphatic rings. The highest BCUT2D eigenvalue weighted by Crippen LogP contribution is 2.36. The molecule has 0 amide bonds. The molecular formula is C13H23BrN2S2. The summed E-state index contributed by atoms with van der Waals surface area (Å²) in [6, 6.07) is 2.39. The number of rotatable bonds is 8. The lowest BCUT2D eigenvalue weighted by Gasteiger charge is -2.22. The Kier molecular flexibility index (Phi) is 7.87. The van der Waals surface area contributed by atoms with Crippen molar-refractivity contribution in [1.82, 2.24) is 4.90 Å². The van der Waals surface area contributed by atoms with Gasteiger partial charge in [0, 0.05) is 33.1 Å². The van der Waals surface area contributed by atoms with E-state index in [0.29, 0.717) is 5.25 Å². The largest absolute Gasteiger partial charge is 0.327 e. The zero-order valence-electron chi connectivity index (χ0n) is 11.4. The van der Waals surface area contributed by atoms with Crippen LogP contribution < -0.4 is 5.73 Å². The second kappa shape index (κ2) is 8.59. The first-order valence-electron chi connectivity index (χ1n) is 6.41. The van der Waals surface area contributed by atoms with Gasteiger partial charge in [-0.15, -0.1) is 23.1 Å². The van der Waals surface area contributed by atoms with Crippen LogP contribution >= 0.6 is 39.0 Å². The minimum absolute atomic E-state index is 0.192. The van der Waals surface area contributed by atoms with Crippen LogP contribution in [0, 0.1) is 0 Å². The molecule has 0 spiro atoms. The smallest absolute Gasteiger partial charge is 0.0540 e. The standard InChI is InChI=1S/C13H23BrN2S2/c1-4-16(5-2)6-7-17-13(10(3)15)12-8-11(14)9-18-12/h8-10,13H,4-7,15H2,1-3H3. The first-order chi connectivity index (χ1) is 8.58. The number of hydrogen-bond donors (Lipinski definition) is 1. The van der Waals surface area contributed by atoms with E-state index in [1.165, 1.54) is 4.88 Å². The molecule has 0 aliphatic carbocycles. The summed E-state index contributed by atoms with van der Waals surface area (Å²) in [5, 5.41) is 2.55. The minimum atomic E-state index is 0.192. The quantitative estimate of drug-likeness (QED) is 0.768. The van der Waals surface area contributed by atoms with Gasteiger partial charge in [0.15, 0.2) is 0 Å². The van der Waals surface area contributed by atoms with Gasteiger partial charge in [-0.3, -0.25) is 0 Å². The highest BCUT2D eigenvalue weighted by Gasteiger charge is 2.18. The third-order valence-corrected chi connectivity index (χ3v) is 6.33. The molecule has 0 bridgehead atoms. The van der Waals surface area contributed by atoms with Gasteiger partial charge >= 0.3 is 0 Å². The van der Waals surface area contributed by atoms with Gasteiger partial charge in [-0.2, -0.15) is 0 Å². The van der Waals surface area contributed by atoms with Crippen LogP contribution in [-0.4, -0.2) is 36.3 Å². The van der Waals surface area contributed by atoms with Crippen molar-refractivity contribution >= 4 is 39.0 Å². The number of hydrogen-bond acceptors (Lipinski definition) is 4. The van der Waals surface area contributed by atoms with Crippen LogP contribution in [0.2, 0.25) is 0 Å². The van der Waals surface area contributed by atoms with Crippen molar-refractivity contribution in [3.05, 3.63) is 20.8 Å². The molecule has 1 aromatic heterocycles. The van der Waals surface area contributed by atoms with Gasteiger partial charge < -0.3 is 10.6 Å². The first kappa shape index (κ1) is 16.5. The molecule has 0 saturated heterocycles. The molecule has 2 unspecified atom stereocenters. The van der Waals surface area contributed by atoms with Gasteiger partial charge in [-0.05, 0) is 42.0 Å². The van der Waals surface area contributed by atoms with Crippen LogP contribution in [0.4, 0.5) is 0 Å². The third-order valence-electron chi connectivity index (χ3n) is 2.95. The van der Waals surface area contributed by atoms with E-state index in [4.69, 9.17) is 5.73 Å². The number of nitrogens with zero attached hydrogens (tertiary/aromatic N) is 1. The molecule has 2 nitrogen and oxygen atoms in total. The van der Waals surface area contributed by atoms with E-state index in [-0.39, 0.29) is 6.04 Å². The molecule has 0 fully saturated rings. The molecule has 2 atom stereocenters. The maximum Gasteiger partial charge on any atom is 0.0540 e. The Morgan fingerprint density at radius 1 is 1.44 bits per heavy atom. The lowest BCUT2D eigenvalue weighted by molar-refractivity contribution is 0.323. The topological polar surface area (TPSA) is 29.3 Å². The van der Waals surface area contributed by atoms with Crippen molar-refractivity contribution < 1.29 is 0 Å². The third kappa shape index (κ3) is 5.21. The molecule has 0 saturated carbocycles. The second-order valence-corrected chi connectivity index (χ2v) is 7.45.